The topological polar surface area (TPSA) is 76.2 Å². The monoisotopic (exact) mass is 219 g/mol. The van der Waals surface area contributed by atoms with Crippen LogP contribution in [0.1, 0.15) is 11.4 Å². The number of nitrogens with one attached hydrogen (secondary N) is 1. The number of hydrogen-bond acceptors (Lipinski definition) is 3. The highest BCUT2D eigenvalue weighted by Gasteiger charge is 1.95. The Balaban J connectivity index is 2.34. The van der Waals surface area contributed by atoms with E-state index in [2.05, 4.69) is 26.9 Å². The van der Waals surface area contributed by atoms with Gasteiger partial charge in [0.2, 0.25) is 0 Å². The largest absolute Gasteiger partial charge is 0.370 e. The second-order valence-corrected chi connectivity index (χ2v) is 3.36. The molecule has 86 valence electrons. The van der Waals surface area contributed by atoms with Crippen LogP contribution in [0.25, 0.3) is 0 Å². The Morgan fingerprint density at radius 2 is 2.25 bits per heavy atom. The van der Waals surface area contributed by atoms with E-state index in [0.717, 1.165) is 11.4 Å². The van der Waals surface area contributed by atoms with Gasteiger partial charge in [-0.1, -0.05) is 6.08 Å². The number of aromatic nitrogens is 2. The maximum atomic E-state index is 5.60. The molecule has 0 fully saturated rings. The van der Waals surface area contributed by atoms with E-state index >= 15 is 0 Å². The van der Waals surface area contributed by atoms with Crippen molar-refractivity contribution in [3.8, 4) is 0 Å². The molecule has 0 amide bonds. The van der Waals surface area contributed by atoms with Gasteiger partial charge < -0.3 is 11.1 Å². The zero-order valence-corrected chi connectivity index (χ0v) is 9.48. The van der Waals surface area contributed by atoms with E-state index in [9.17, 15) is 0 Å². The lowest BCUT2D eigenvalue weighted by molar-refractivity contribution is 0.852. The van der Waals surface area contributed by atoms with E-state index in [1.807, 2.05) is 6.92 Å². The molecule has 0 atom stereocenters. The van der Waals surface area contributed by atoms with E-state index in [1.165, 1.54) is 0 Å². The van der Waals surface area contributed by atoms with Gasteiger partial charge in [0.05, 0.1) is 0 Å². The predicted octanol–water partition coefficient (Wildman–Crippen LogP) is 0.418. The first-order valence-electron chi connectivity index (χ1n) is 5.14. The molecule has 0 bridgehead atoms. The lowest BCUT2D eigenvalue weighted by atomic mass is 10.3. The van der Waals surface area contributed by atoms with Crippen LogP contribution < -0.4 is 11.1 Å². The number of nitrogens with zero attached hydrogens (tertiary/aromatic N) is 3. The second-order valence-electron chi connectivity index (χ2n) is 3.36. The minimum Gasteiger partial charge on any atom is -0.370 e. The van der Waals surface area contributed by atoms with Crippen molar-refractivity contribution in [3.05, 3.63) is 36.4 Å². The fraction of sp³-hybridized carbons (Fsp3) is 0.364. The summed E-state index contributed by atoms with van der Waals surface area (Å²) in [5.41, 5.74) is 6.65. The molecule has 0 spiro atoms. The van der Waals surface area contributed by atoms with Gasteiger partial charge in [-0.3, -0.25) is 4.99 Å². The summed E-state index contributed by atoms with van der Waals surface area (Å²) in [7, 11) is 0. The van der Waals surface area contributed by atoms with E-state index in [1.54, 1.807) is 18.5 Å². The van der Waals surface area contributed by atoms with Crippen LogP contribution in [-0.4, -0.2) is 29.0 Å². The van der Waals surface area contributed by atoms with Crippen LogP contribution in [0.3, 0.4) is 0 Å². The minimum absolute atomic E-state index is 0.423. The quantitative estimate of drug-likeness (QED) is 0.427. The second kappa shape index (κ2) is 6.55. The smallest absolute Gasteiger partial charge is 0.188 e. The Morgan fingerprint density at radius 3 is 2.88 bits per heavy atom. The molecule has 0 saturated heterocycles. The molecule has 1 heterocycles. The van der Waals surface area contributed by atoms with Gasteiger partial charge in [-0.25, -0.2) is 9.97 Å². The Hall–Kier alpha value is -1.91. The Morgan fingerprint density at radius 1 is 1.56 bits per heavy atom. The average molecular weight is 219 g/mol. The lowest BCUT2D eigenvalue weighted by Crippen LogP contribution is -2.31. The molecule has 0 aliphatic rings. The Kier molecular flexibility index (Phi) is 4.98. The molecule has 0 radical (unpaired) electrons. The molecule has 5 heteroatoms. The van der Waals surface area contributed by atoms with E-state index in [0.29, 0.717) is 25.5 Å². The van der Waals surface area contributed by atoms with Gasteiger partial charge in [0.1, 0.15) is 5.82 Å². The summed E-state index contributed by atoms with van der Waals surface area (Å²) in [5, 5.41) is 2.90. The third kappa shape index (κ3) is 4.54. The molecule has 1 rings (SSSR count). The van der Waals surface area contributed by atoms with Crippen LogP contribution >= 0.6 is 0 Å². The summed E-state index contributed by atoms with van der Waals surface area (Å²) < 4.78 is 0. The fourth-order valence-corrected chi connectivity index (χ4v) is 1.06. The molecule has 1 aromatic heterocycles. The summed E-state index contributed by atoms with van der Waals surface area (Å²) >= 11 is 0. The zero-order chi connectivity index (χ0) is 11.8. The van der Waals surface area contributed by atoms with Crippen molar-refractivity contribution in [2.45, 2.75) is 13.3 Å². The van der Waals surface area contributed by atoms with Crippen molar-refractivity contribution >= 4 is 5.96 Å². The maximum absolute atomic E-state index is 5.60. The number of aryl methyl sites for hydroxylation is 1. The first-order valence-corrected chi connectivity index (χ1v) is 5.14. The molecule has 16 heavy (non-hydrogen) atoms. The van der Waals surface area contributed by atoms with E-state index in [-0.39, 0.29) is 0 Å². The van der Waals surface area contributed by atoms with Crippen LogP contribution in [-0.2, 0) is 6.42 Å². The van der Waals surface area contributed by atoms with Crippen LogP contribution in [0.4, 0.5) is 0 Å². The van der Waals surface area contributed by atoms with Crippen molar-refractivity contribution < 1.29 is 0 Å². The van der Waals surface area contributed by atoms with Crippen molar-refractivity contribution in [2.24, 2.45) is 10.7 Å². The summed E-state index contributed by atoms with van der Waals surface area (Å²) in [6.45, 7) is 6.74. The normalized spacial score (nSPS) is 11.2. The fourth-order valence-electron chi connectivity index (χ4n) is 1.06. The van der Waals surface area contributed by atoms with Crippen molar-refractivity contribution in [1.29, 1.82) is 0 Å². The van der Waals surface area contributed by atoms with Gasteiger partial charge in [-0.15, -0.1) is 6.58 Å². The number of nitrogens with two attached hydrogens (primary N) is 1. The number of guanidine groups is 1. The van der Waals surface area contributed by atoms with Crippen molar-refractivity contribution in [2.75, 3.05) is 13.1 Å². The Labute approximate surface area is 95.5 Å². The van der Waals surface area contributed by atoms with E-state index in [4.69, 9.17) is 5.73 Å². The number of hydrogen-bond donors (Lipinski definition) is 2. The summed E-state index contributed by atoms with van der Waals surface area (Å²) in [6, 6.07) is 0. The first-order chi connectivity index (χ1) is 7.72. The third-order valence-electron chi connectivity index (χ3n) is 1.88. The molecule has 0 aliphatic carbocycles. The van der Waals surface area contributed by atoms with Crippen molar-refractivity contribution in [1.82, 2.24) is 15.3 Å². The molecule has 0 unspecified atom stereocenters. The minimum atomic E-state index is 0.423. The molecular formula is C11H17N5. The highest BCUT2D eigenvalue weighted by atomic mass is 15.1. The summed E-state index contributed by atoms with van der Waals surface area (Å²) in [5.74, 6) is 1.21. The molecule has 0 aliphatic heterocycles. The van der Waals surface area contributed by atoms with Gasteiger partial charge in [0.15, 0.2) is 5.96 Å². The van der Waals surface area contributed by atoms with Crippen LogP contribution in [0.15, 0.2) is 30.0 Å². The van der Waals surface area contributed by atoms with Crippen LogP contribution in [0.2, 0.25) is 0 Å². The molecular weight excluding hydrogens is 202 g/mol. The van der Waals surface area contributed by atoms with Gasteiger partial charge in [0.25, 0.3) is 0 Å². The molecule has 5 nitrogen and oxygen atoms in total. The highest BCUT2D eigenvalue weighted by Crippen LogP contribution is 1.94. The first kappa shape index (κ1) is 12.2. The van der Waals surface area contributed by atoms with Crippen molar-refractivity contribution in [3.63, 3.8) is 0 Å². The maximum Gasteiger partial charge on any atom is 0.188 e. The van der Waals surface area contributed by atoms with Gasteiger partial charge >= 0.3 is 0 Å². The number of aliphatic imine (C=N–C) groups is 1. The van der Waals surface area contributed by atoms with Gasteiger partial charge in [-0.2, -0.15) is 0 Å². The van der Waals surface area contributed by atoms with Crippen LogP contribution in [0, 0.1) is 6.92 Å². The molecule has 0 aromatic carbocycles. The Bertz CT molecular complexity index is 355. The van der Waals surface area contributed by atoms with Gasteiger partial charge in [-0.05, 0) is 12.5 Å². The number of rotatable bonds is 5. The summed E-state index contributed by atoms with van der Waals surface area (Å²) in [6.07, 6.45) is 6.01. The summed E-state index contributed by atoms with van der Waals surface area (Å²) in [4.78, 5) is 12.5. The standard InChI is InChI=1S/C11H17N5/c1-3-5-13-11(12)14-6-4-10-15-7-9(2)8-16-10/h3,7-8H,1,4-6H2,2H3,(H3,12,13,14). The third-order valence-corrected chi connectivity index (χ3v) is 1.88. The highest BCUT2D eigenvalue weighted by molar-refractivity contribution is 5.77. The zero-order valence-electron chi connectivity index (χ0n) is 9.48. The average Bonchev–Trinajstić information content (AvgIpc) is 2.29. The predicted molar refractivity (Wildman–Crippen MR) is 65.2 cm³/mol. The van der Waals surface area contributed by atoms with E-state index < -0.39 is 0 Å². The SMILES string of the molecule is C=CCNC(N)=NCCc1ncc(C)cn1. The molecule has 1 aromatic rings. The van der Waals surface area contributed by atoms with Crippen LogP contribution in [0.5, 0.6) is 0 Å². The van der Waals surface area contributed by atoms with Gasteiger partial charge in [0, 0.05) is 31.9 Å². The molecule has 0 saturated carbocycles. The molecule has 3 N–H and O–H groups in total. The lowest BCUT2D eigenvalue weighted by Gasteiger charge is -2.01.